The Hall–Kier alpha value is -0.860. The highest BCUT2D eigenvalue weighted by Gasteiger charge is 2.35. The normalized spacial score (nSPS) is 32.0. The summed E-state index contributed by atoms with van der Waals surface area (Å²) < 4.78 is 0. The number of piperidine rings is 1. The summed E-state index contributed by atoms with van der Waals surface area (Å²) >= 11 is 0. The number of benzene rings is 1. The third kappa shape index (κ3) is 2.44. The van der Waals surface area contributed by atoms with Crippen molar-refractivity contribution in [2.24, 2.45) is 0 Å². The second-order valence-electron chi connectivity index (χ2n) is 6.15. The van der Waals surface area contributed by atoms with Crippen LogP contribution in [-0.4, -0.2) is 30.6 Å². The van der Waals surface area contributed by atoms with E-state index in [1.54, 1.807) is 5.56 Å². The van der Waals surface area contributed by atoms with Crippen LogP contribution in [0.3, 0.4) is 0 Å². The Morgan fingerprint density at radius 1 is 1.16 bits per heavy atom. The van der Waals surface area contributed by atoms with E-state index in [1.807, 2.05) is 0 Å². The minimum Gasteiger partial charge on any atom is -0.312 e. The number of likely N-dealkylation sites (N-methyl/N-ethyl adjacent to an activating group) is 1. The zero-order valence-electron chi connectivity index (χ0n) is 12.2. The highest BCUT2D eigenvalue weighted by molar-refractivity contribution is 5.34. The number of fused-ring (bicyclic) bond motifs is 1. The number of hydrogen-bond donors (Lipinski definition) is 1. The predicted molar refractivity (Wildman–Crippen MR) is 80.4 cm³/mol. The van der Waals surface area contributed by atoms with Gasteiger partial charge in [-0.2, -0.15) is 0 Å². The van der Waals surface area contributed by atoms with Gasteiger partial charge < -0.3 is 5.32 Å². The first-order valence-corrected chi connectivity index (χ1v) is 7.82. The third-order valence-corrected chi connectivity index (χ3v) is 5.08. The molecule has 0 aromatic heterocycles. The first-order valence-electron chi connectivity index (χ1n) is 7.82. The quantitative estimate of drug-likeness (QED) is 0.876. The average Bonchev–Trinajstić information content (AvgIpc) is 2.46. The standard InChI is InChI=1S/C17H26N2/c1-13-7-5-6-12-19(13)16-11-10-14-8-3-4-9-15(14)17(16)18-2/h3-4,8-9,13,16-18H,5-7,10-12H2,1-2H3. The van der Waals surface area contributed by atoms with Crippen LogP contribution in [0.5, 0.6) is 0 Å². The van der Waals surface area contributed by atoms with E-state index >= 15 is 0 Å². The fourth-order valence-corrected chi connectivity index (χ4v) is 4.06. The number of nitrogens with one attached hydrogen (secondary N) is 1. The summed E-state index contributed by atoms with van der Waals surface area (Å²) in [6, 6.07) is 10.9. The van der Waals surface area contributed by atoms with Gasteiger partial charge >= 0.3 is 0 Å². The van der Waals surface area contributed by atoms with Gasteiger partial charge in [-0.1, -0.05) is 30.7 Å². The lowest BCUT2D eigenvalue weighted by Crippen LogP contribution is -2.51. The van der Waals surface area contributed by atoms with Crippen LogP contribution in [0.1, 0.15) is 49.8 Å². The molecule has 3 unspecified atom stereocenters. The first-order chi connectivity index (χ1) is 9.31. The van der Waals surface area contributed by atoms with Crippen LogP contribution in [0, 0.1) is 0 Å². The maximum Gasteiger partial charge on any atom is 0.0478 e. The molecule has 1 aliphatic carbocycles. The molecule has 0 bridgehead atoms. The Labute approximate surface area is 117 Å². The van der Waals surface area contributed by atoms with Crippen LogP contribution in [0.15, 0.2) is 24.3 Å². The van der Waals surface area contributed by atoms with Crippen LogP contribution < -0.4 is 5.32 Å². The molecule has 1 N–H and O–H groups in total. The van der Waals surface area contributed by atoms with Crippen molar-refractivity contribution in [2.45, 2.75) is 57.2 Å². The Kier molecular flexibility index (Phi) is 3.90. The van der Waals surface area contributed by atoms with Crippen molar-refractivity contribution in [1.82, 2.24) is 10.2 Å². The van der Waals surface area contributed by atoms with Gasteiger partial charge in [0.2, 0.25) is 0 Å². The van der Waals surface area contributed by atoms with Crippen LogP contribution >= 0.6 is 0 Å². The lowest BCUT2D eigenvalue weighted by atomic mass is 9.82. The second-order valence-corrected chi connectivity index (χ2v) is 6.15. The minimum atomic E-state index is 0.505. The monoisotopic (exact) mass is 258 g/mol. The first kappa shape index (κ1) is 13.1. The fourth-order valence-electron chi connectivity index (χ4n) is 4.06. The van der Waals surface area contributed by atoms with Gasteiger partial charge in [-0.3, -0.25) is 4.90 Å². The van der Waals surface area contributed by atoms with E-state index in [4.69, 9.17) is 0 Å². The van der Waals surface area contributed by atoms with E-state index < -0.39 is 0 Å². The molecular formula is C17H26N2. The molecule has 2 nitrogen and oxygen atoms in total. The van der Waals surface area contributed by atoms with E-state index in [2.05, 4.69) is 48.5 Å². The van der Waals surface area contributed by atoms with E-state index in [9.17, 15) is 0 Å². The summed E-state index contributed by atoms with van der Waals surface area (Å²) in [5.41, 5.74) is 3.07. The summed E-state index contributed by atoms with van der Waals surface area (Å²) in [7, 11) is 2.12. The van der Waals surface area contributed by atoms with Crippen LogP contribution in [0.25, 0.3) is 0 Å². The molecule has 2 heteroatoms. The molecule has 3 rings (SSSR count). The molecule has 0 saturated carbocycles. The third-order valence-electron chi connectivity index (χ3n) is 5.08. The zero-order valence-corrected chi connectivity index (χ0v) is 12.2. The molecule has 0 amide bonds. The van der Waals surface area contributed by atoms with Gasteiger partial charge in [0.15, 0.2) is 0 Å². The number of hydrogen-bond acceptors (Lipinski definition) is 2. The lowest BCUT2D eigenvalue weighted by Gasteiger charge is -2.45. The molecule has 1 aromatic carbocycles. The van der Waals surface area contributed by atoms with Crippen molar-refractivity contribution in [3.8, 4) is 0 Å². The van der Waals surface area contributed by atoms with Gasteiger partial charge in [-0.15, -0.1) is 0 Å². The highest BCUT2D eigenvalue weighted by atomic mass is 15.2. The van der Waals surface area contributed by atoms with Crippen LogP contribution in [0.2, 0.25) is 0 Å². The van der Waals surface area contributed by atoms with Crippen LogP contribution in [-0.2, 0) is 6.42 Å². The Balaban J connectivity index is 1.87. The van der Waals surface area contributed by atoms with Crippen molar-refractivity contribution >= 4 is 0 Å². The van der Waals surface area contributed by atoms with Gasteiger partial charge in [0.1, 0.15) is 0 Å². The smallest absolute Gasteiger partial charge is 0.0478 e. The van der Waals surface area contributed by atoms with E-state index in [1.165, 1.54) is 44.2 Å². The van der Waals surface area contributed by atoms with Crippen molar-refractivity contribution < 1.29 is 0 Å². The highest BCUT2D eigenvalue weighted by Crippen LogP contribution is 2.35. The molecule has 1 saturated heterocycles. The molecule has 1 fully saturated rings. The van der Waals surface area contributed by atoms with E-state index in [-0.39, 0.29) is 0 Å². The lowest BCUT2D eigenvalue weighted by molar-refractivity contribution is 0.0727. The van der Waals surface area contributed by atoms with Crippen LogP contribution in [0.4, 0.5) is 0 Å². The fraction of sp³-hybridized carbons (Fsp3) is 0.647. The van der Waals surface area contributed by atoms with Gasteiger partial charge in [-0.05, 0) is 57.3 Å². The molecule has 19 heavy (non-hydrogen) atoms. The summed E-state index contributed by atoms with van der Waals surface area (Å²) in [6.45, 7) is 3.69. The van der Waals surface area contributed by atoms with Gasteiger partial charge in [0.05, 0.1) is 0 Å². The SMILES string of the molecule is CNC1c2ccccc2CCC1N1CCCCC1C. The van der Waals surface area contributed by atoms with Crippen molar-refractivity contribution in [2.75, 3.05) is 13.6 Å². The molecule has 2 aliphatic rings. The topological polar surface area (TPSA) is 15.3 Å². The summed E-state index contributed by atoms with van der Waals surface area (Å²) in [5, 5.41) is 3.59. The van der Waals surface area contributed by atoms with Crippen molar-refractivity contribution in [3.63, 3.8) is 0 Å². The van der Waals surface area contributed by atoms with E-state index in [0.29, 0.717) is 12.1 Å². The predicted octanol–water partition coefficient (Wildman–Crippen LogP) is 3.14. The molecule has 0 spiro atoms. The molecular weight excluding hydrogens is 232 g/mol. The summed E-state index contributed by atoms with van der Waals surface area (Å²) in [6.07, 6.45) is 6.69. The maximum atomic E-state index is 3.59. The summed E-state index contributed by atoms with van der Waals surface area (Å²) in [4.78, 5) is 2.76. The number of aryl methyl sites for hydroxylation is 1. The molecule has 104 valence electrons. The largest absolute Gasteiger partial charge is 0.312 e. The maximum absolute atomic E-state index is 3.59. The molecule has 0 radical (unpaired) electrons. The molecule has 3 atom stereocenters. The molecule has 1 aliphatic heterocycles. The van der Waals surface area contributed by atoms with Gasteiger partial charge in [0.25, 0.3) is 0 Å². The second kappa shape index (κ2) is 5.64. The average molecular weight is 258 g/mol. The number of nitrogens with zero attached hydrogens (tertiary/aromatic N) is 1. The zero-order chi connectivity index (χ0) is 13.2. The number of rotatable bonds is 2. The summed E-state index contributed by atoms with van der Waals surface area (Å²) in [5.74, 6) is 0. The van der Waals surface area contributed by atoms with Crippen molar-refractivity contribution in [1.29, 1.82) is 0 Å². The Morgan fingerprint density at radius 3 is 2.79 bits per heavy atom. The molecule has 1 heterocycles. The van der Waals surface area contributed by atoms with Crippen molar-refractivity contribution in [3.05, 3.63) is 35.4 Å². The Bertz CT molecular complexity index is 429. The van der Waals surface area contributed by atoms with Gasteiger partial charge in [-0.25, -0.2) is 0 Å². The van der Waals surface area contributed by atoms with Gasteiger partial charge in [0, 0.05) is 18.1 Å². The Morgan fingerprint density at radius 2 is 2.00 bits per heavy atom. The number of likely N-dealkylation sites (tertiary alicyclic amines) is 1. The minimum absolute atomic E-state index is 0.505. The van der Waals surface area contributed by atoms with E-state index in [0.717, 1.165) is 6.04 Å². The molecule has 1 aromatic rings.